The predicted molar refractivity (Wildman–Crippen MR) is 249 cm³/mol. The first-order chi connectivity index (χ1) is 31.8. The third-order valence-corrected chi connectivity index (χ3v) is 11.6. The summed E-state index contributed by atoms with van der Waals surface area (Å²) in [6.45, 7) is 14.5. The third kappa shape index (κ3) is 16.0. The van der Waals surface area contributed by atoms with Crippen molar-refractivity contribution in [3.63, 3.8) is 0 Å². The molecule has 0 unspecified atom stereocenters. The van der Waals surface area contributed by atoms with Crippen molar-refractivity contribution in [2.75, 3.05) is 6.54 Å². The van der Waals surface area contributed by atoms with Gasteiger partial charge in [-0.1, -0.05) is 59.7 Å². The number of hydrogen-bond acceptors (Lipinski definition) is 11. The average Bonchev–Trinajstić information content (AvgIpc) is 3.92. The number of nitrogens with two attached hydrogens (primary N) is 1. The van der Waals surface area contributed by atoms with Crippen molar-refractivity contribution in [1.82, 2.24) is 47.1 Å². The van der Waals surface area contributed by atoms with Crippen molar-refractivity contribution in [1.29, 1.82) is 0 Å². The summed E-state index contributed by atoms with van der Waals surface area (Å²) in [5, 5.41) is 37.5. The van der Waals surface area contributed by atoms with E-state index >= 15 is 0 Å². The number of nitrogens with one attached hydrogen (secondary N) is 8. The van der Waals surface area contributed by atoms with E-state index in [0.717, 1.165) is 10.9 Å². The first kappa shape index (κ1) is 55.7. The van der Waals surface area contributed by atoms with Gasteiger partial charge in [0, 0.05) is 36.5 Å². The maximum atomic E-state index is 14.0. The van der Waals surface area contributed by atoms with Crippen molar-refractivity contribution in [3.05, 3.63) is 36.0 Å². The Morgan fingerprint density at radius 2 is 1.22 bits per heavy atom. The number of carboxylic acid groups (broad SMARTS) is 2. The summed E-state index contributed by atoms with van der Waals surface area (Å²) >= 11 is 0. The van der Waals surface area contributed by atoms with Gasteiger partial charge in [-0.05, 0) is 75.8 Å². The van der Waals surface area contributed by atoms with Crippen molar-refractivity contribution >= 4 is 70.1 Å². The Kier molecular flexibility index (Phi) is 20.9. The van der Waals surface area contributed by atoms with E-state index < -0.39 is 138 Å². The van der Waals surface area contributed by atoms with Gasteiger partial charge in [-0.15, -0.1) is 0 Å². The Balaban J connectivity index is 1.79. The van der Waals surface area contributed by atoms with E-state index in [1.54, 1.807) is 47.7 Å². The Morgan fingerprint density at radius 3 is 1.79 bits per heavy atom. The summed E-state index contributed by atoms with van der Waals surface area (Å²) < 4.78 is 0. The lowest BCUT2D eigenvalue weighted by Gasteiger charge is -2.29. The van der Waals surface area contributed by atoms with E-state index in [1.807, 2.05) is 24.3 Å². The molecule has 22 heteroatoms. The van der Waals surface area contributed by atoms with Gasteiger partial charge >= 0.3 is 11.9 Å². The largest absolute Gasteiger partial charge is 0.481 e. The molecule has 22 nitrogen and oxygen atoms in total. The van der Waals surface area contributed by atoms with E-state index in [2.05, 4.69) is 42.2 Å². The van der Waals surface area contributed by atoms with Crippen LogP contribution >= 0.6 is 0 Å². The minimum Gasteiger partial charge on any atom is -0.481 e. The van der Waals surface area contributed by atoms with Crippen LogP contribution in [-0.4, -0.2) is 140 Å². The highest BCUT2D eigenvalue weighted by atomic mass is 16.4. The van der Waals surface area contributed by atoms with Crippen LogP contribution in [0.25, 0.3) is 10.9 Å². The molecule has 376 valence electrons. The van der Waals surface area contributed by atoms with Crippen LogP contribution in [0.3, 0.4) is 0 Å². The van der Waals surface area contributed by atoms with Crippen LogP contribution < -0.4 is 43.0 Å². The minimum absolute atomic E-state index is 0.0126. The number of para-hydroxylation sites is 1. The second kappa shape index (κ2) is 25.5. The van der Waals surface area contributed by atoms with E-state index in [-0.39, 0.29) is 18.8 Å². The highest BCUT2D eigenvalue weighted by molar-refractivity contribution is 5.98. The zero-order valence-electron chi connectivity index (χ0n) is 40.3. The number of carbonyl (C=O) groups excluding carboxylic acids is 8. The smallest absolute Gasteiger partial charge is 0.325 e. The lowest BCUT2D eigenvalue weighted by atomic mass is 9.98. The molecule has 9 atom stereocenters. The lowest BCUT2D eigenvalue weighted by molar-refractivity contribution is -0.142. The van der Waals surface area contributed by atoms with Gasteiger partial charge < -0.3 is 63.0 Å². The molecule has 12 N–H and O–H groups in total. The summed E-state index contributed by atoms with van der Waals surface area (Å²) in [6, 6.07) is -3.39. The molecule has 1 fully saturated rings. The number of H-pyrrole nitrogens is 1. The van der Waals surface area contributed by atoms with Gasteiger partial charge in [-0.2, -0.15) is 0 Å². The molecule has 1 aliphatic heterocycles. The minimum atomic E-state index is -1.50. The van der Waals surface area contributed by atoms with Crippen LogP contribution in [0, 0.1) is 17.8 Å². The zero-order chi connectivity index (χ0) is 51.2. The molecule has 1 aromatic heterocycles. The zero-order valence-corrected chi connectivity index (χ0v) is 40.3. The molecule has 0 aliphatic carbocycles. The van der Waals surface area contributed by atoms with Gasteiger partial charge in [-0.25, -0.2) is 0 Å². The molecule has 0 radical (unpaired) electrons. The molecule has 1 aliphatic rings. The first-order valence-corrected chi connectivity index (χ1v) is 23.0. The topological polar surface area (TPSA) is 340 Å². The van der Waals surface area contributed by atoms with Crippen molar-refractivity contribution in [3.8, 4) is 0 Å². The number of aromatic nitrogens is 1. The number of likely N-dealkylation sites (tertiary alicyclic amines) is 1. The first-order valence-electron chi connectivity index (χ1n) is 23.0. The number of fused-ring (bicyclic) bond motifs is 1. The van der Waals surface area contributed by atoms with Gasteiger partial charge in [0.1, 0.15) is 48.3 Å². The Hall–Kier alpha value is -6.58. The number of hydrogen-bond donors (Lipinski definition) is 11. The quantitative estimate of drug-likeness (QED) is 0.0615. The molecule has 8 amide bonds. The number of aliphatic carboxylic acids is 2. The monoisotopic (exact) mass is 955 g/mol. The molecule has 2 heterocycles. The summed E-state index contributed by atoms with van der Waals surface area (Å²) in [5.74, 6) is -9.74. The number of benzene rings is 1. The van der Waals surface area contributed by atoms with E-state index in [9.17, 15) is 58.2 Å². The van der Waals surface area contributed by atoms with Crippen molar-refractivity contribution < 1.29 is 58.2 Å². The molecule has 1 aromatic carbocycles. The molecule has 0 bridgehead atoms. The van der Waals surface area contributed by atoms with Crippen LogP contribution in [-0.2, 0) is 54.4 Å². The average molecular weight is 955 g/mol. The second-order valence-electron chi connectivity index (χ2n) is 18.5. The fourth-order valence-electron chi connectivity index (χ4n) is 7.68. The van der Waals surface area contributed by atoms with Gasteiger partial charge in [-0.3, -0.25) is 47.9 Å². The fourth-order valence-corrected chi connectivity index (χ4v) is 7.68. The van der Waals surface area contributed by atoms with Gasteiger partial charge in [0.05, 0.1) is 6.04 Å². The number of carbonyl (C=O) groups is 10. The SMILES string of the molecule is CC(C)C[C@H](NC(=O)[C@@H](NC(=O)[C@H](C)NC(=O)[C@H](Cc1c[nH]c2ccccc12)NC(=O)[C@@H]1CCCN1C(=O)[C@H](C)N)C(C)C)C(=O)N[C@@H](CCC(=O)O)C(=O)N[C@H](C(=O)N[C@@H](C)C(=O)O)C(C)C. The molecule has 0 saturated carbocycles. The molecule has 1 saturated heterocycles. The van der Waals surface area contributed by atoms with Crippen LogP contribution in [0.5, 0.6) is 0 Å². The van der Waals surface area contributed by atoms with Crippen LogP contribution in [0.1, 0.15) is 100.0 Å². The fraction of sp³-hybridized carbons (Fsp3) is 0.609. The van der Waals surface area contributed by atoms with Crippen LogP contribution in [0.2, 0.25) is 0 Å². The van der Waals surface area contributed by atoms with Gasteiger partial charge in [0.25, 0.3) is 0 Å². The molecular formula is C46H70N10O12. The number of nitrogens with zero attached hydrogens (tertiary/aromatic N) is 1. The highest BCUT2D eigenvalue weighted by Crippen LogP contribution is 2.22. The molecule has 3 rings (SSSR count). The third-order valence-electron chi connectivity index (χ3n) is 11.6. The van der Waals surface area contributed by atoms with E-state index in [1.165, 1.54) is 25.7 Å². The summed E-state index contributed by atoms with van der Waals surface area (Å²) in [6.07, 6.45) is 1.73. The highest BCUT2D eigenvalue weighted by Gasteiger charge is 2.38. The Labute approximate surface area is 395 Å². The van der Waals surface area contributed by atoms with Crippen molar-refractivity contribution in [2.24, 2.45) is 23.5 Å². The number of amides is 8. The molecular weight excluding hydrogens is 885 g/mol. The molecule has 68 heavy (non-hydrogen) atoms. The van der Waals surface area contributed by atoms with Crippen LogP contribution in [0.4, 0.5) is 0 Å². The molecule has 2 aromatic rings. The molecule has 0 spiro atoms. The number of rotatable bonds is 25. The normalized spacial score (nSPS) is 17.2. The number of aromatic amines is 1. The standard InChI is InChI=1S/C46H70N10O12/c1-22(2)19-32(41(62)51-31(16-17-35(57)58)39(60)55-36(23(3)4)43(64)50-27(9)46(67)68)53-44(65)37(24(5)6)54-38(59)26(8)49-40(61)33(20-28-21-48-30-14-11-10-13-29(28)30)52-42(63)34-15-12-18-56(34)45(66)25(7)47/h10-11,13-14,21-27,31-34,36-37,48H,12,15-20,47H2,1-9H3,(H,49,61)(H,50,64)(H,51,62)(H,52,63)(H,53,65)(H,54,59)(H,55,60)(H,57,58)(H,67,68)/t25-,26-,27-,31-,32-,33-,34-,36-,37-/m0/s1. The maximum absolute atomic E-state index is 14.0. The lowest BCUT2D eigenvalue weighted by Crippen LogP contribution is -2.61. The summed E-state index contributed by atoms with van der Waals surface area (Å²) in [4.78, 5) is 136. The predicted octanol–water partition coefficient (Wildman–Crippen LogP) is -0.210. The van der Waals surface area contributed by atoms with Crippen molar-refractivity contribution in [2.45, 2.75) is 155 Å². The second-order valence-corrected chi connectivity index (χ2v) is 18.5. The van der Waals surface area contributed by atoms with Crippen LogP contribution in [0.15, 0.2) is 30.5 Å². The van der Waals surface area contributed by atoms with E-state index in [0.29, 0.717) is 24.9 Å². The summed E-state index contributed by atoms with van der Waals surface area (Å²) in [7, 11) is 0. The number of carboxylic acids is 2. The maximum Gasteiger partial charge on any atom is 0.325 e. The van der Waals surface area contributed by atoms with E-state index in [4.69, 9.17) is 5.73 Å². The Bertz CT molecular complexity index is 2160. The van der Waals surface area contributed by atoms with Gasteiger partial charge in [0.15, 0.2) is 0 Å². The van der Waals surface area contributed by atoms with Gasteiger partial charge in [0.2, 0.25) is 47.3 Å². The Morgan fingerprint density at radius 1 is 0.676 bits per heavy atom. The summed E-state index contributed by atoms with van der Waals surface area (Å²) in [5.41, 5.74) is 7.35.